The van der Waals surface area contributed by atoms with Gasteiger partial charge in [0.1, 0.15) is 11.9 Å². The first-order valence-electron chi connectivity index (χ1n) is 7.87. The lowest BCUT2D eigenvalue weighted by Gasteiger charge is -2.14. The van der Waals surface area contributed by atoms with E-state index in [1.807, 2.05) is 0 Å². The summed E-state index contributed by atoms with van der Waals surface area (Å²) in [6.45, 7) is 0. The fourth-order valence-electron chi connectivity index (χ4n) is 2.44. The molecule has 0 spiro atoms. The van der Waals surface area contributed by atoms with E-state index in [1.54, 1.807) is 6.08 Å². The fourth-order valence-corrected chi connectivity index (χ4v) is 2.66. The Morgan fingerprint density at radius 3 is 2.76 bits per heavy atom. The maximum absolute atomic E-state index is 13.1. The lowest BCUT2D eigenvalue weighted by atomic mass is 10.1. The highest BCUT2D eigenvalue weighted by molar-refractivity contribution is 6.46. The second-order valence-electron chi connectivity index (χ2n) is 5.65. The molecule has 0 bridgehead atoms. The summed E-state index contributed by atoms with van der Waals surface area (Å²) >= 11 is 5.89. The van der Waals surface area contributed by atoms with E-state index in [2.05, 4.69) is 0 Å². The number of Topliss-reactive ketones (excluding diaryl/α,β-unsaturated/α-hetero) is 1. The molecule has 1 aromatic rings. The number of ether oxygens (including phenoxy) is 1. The first-order chi connectivity index (χ1) is 11.9. The summed E-state index contributed by atoms with van der Waals surface area (Å²) in [7, 11) is 0. The van der Waals surface area contributed by atoms with E-state index >= 15 is 0 Å². The number of carboxylic acids is 1. The summed E-state index contributed by atoms with van der Waals surface area (Å²) in [5.74, 6) is -2.24. The molecule has 0 aromatic heterocycles. The minimum Gasteiger partial charge on any atom is -0.505 e. The van der Waals surface area contributed by atoms with Gasteiger partial charge in [0, 0.05) is 18.1 Å². The minimum absolute atomic E-state index is 0.0495. The Morgan fingerprint density at radius 2 is 2.08 bits per heavy atom. The number of hydrogen-bond donors (Lipinski definition) is 2. The molecule has 134 valence electrons. The van der Waals surface area contributed by atoms with Crippen molar-refractivity contribution >= 4 is 23.4 Å². The van der Waals surface area contributed by atoms with Crippen molar-refractivity contribution in [1.82, 2.24) is 0 Å². The first-order valence-corrected chi connectivity index (χ1v) is 8.25. The van der Waals surface area contributed by atoms with Crippen LogP contribution in [0, 0.1) is 5.82 Å². The van der Waals surface area contributed by atoms with Crippen LogP contribution in [0.2, 0.25) is 0 Å². The molecule has 1 atom stereocenters. The minimum atomic E-state index is -0.823. The molecule has 25 heavy (non-hydrogen) atoms. The number of aliphatic carboxylic acids is 1. The highest BCUT2D eigenvalue weighted by Crippen LogP contribution is 2.30. The van der Waals surface area contributed by atoms with Crippen LogP contribution in [0.25, 0.3) is 0 Å². The summed E-state index contributed by atoms with van der Waals surface area (Å²) < 4.78 is 18.7. The van der Waals surface area contributed by atoms with Crippen LogP contribution in [0.4, 0.5) is 4.39 Å². The zero-order valence-electron chi connectivity index (χ0n) is 13.4. The number of aromatic hydroxyl groups is 1. The van der Waals surface area contributed by atoms with Crippen molar-refractivity contribution in [3.63, 3.8) is 0 Å². The van der Waals surface area contributed by atoms with Gasteiger partial charge in [-0.25, -0.2) is 4.39 Å². The van der Waals surface area contributed by atoms with Gasteiger partial charge in [-0.2, -0.15) is 0 Å². The Hall–Kier alpha value is -2.34. The molecule has 0 amide bonds. The van der Waals surface area contributed by atoms with Crippen LogP contribution < -0.4 is 4.74 Å². The predicted octanol–water partition coefficient (Wildman–Crippen LogP) is 3.95. The molecule has 0 saturated carbocycles. The average molecular weight is 369 g/mol. The highest BCUT2D eigenvalue weighted by Gasteiger charge is 2.30. The number of hydrogen-bond acceptors (Lipinski definition) is 4. The Morgan fingerprint density at radius 1 is 1.32 bits per heavy atom. The van der Waals surface area contributed by atoms with E-state index in [9.17, 15) is 19.1 Å². The molecule has 7 heteroatoms. The number of phenolic OH excluding ortho intramolecular Hbond substituents is 1. The van der Waals surface area contributed by atoms with Gasteiger partial charge in [0.25, 0.3) is 0 Å². The normalized spacial score (nSPS) is 18.5. The van der Waals surface area contributed by atoms with Crippen LogP contribution in [0.1, 0.15) is 32.1 Å². The standard InChI is InChI=1S/C18H18ClFO5/c19-13-10-16(25-11-7-8-14(20)15(21)9-11)12(18(13)24)5-3-1-2-4-6-17(22)23/h5,7-10,16,21H,1-4,6H2,(H,22,23). The Labute approximate surface area is 149 Å². The number of phenols is 1. The number of halogens is 2. The third-order valence-electron chi connectivity index (χ3n) is 3.72. The molecule has 1 aliphatic rings. The number of carbonyl (C=O) groups is 2. The summed E-state index contributed by atoms with van der Waals surface area (Å²) in [6.07, 6.45) is 5.26. The summed E-state index contributed by atoms with van der Waals surface area (Å²) in [4.78, 5) is 22.5. The molecular weight excluding hydrogens is 351 g/mol. The molecule has 2 rings (SSSR count). The number of allylic oxidation sites excluding steroid dienone is 2. The number of benzene rings is 1. The van der Waals surface area contributed by atoms with E-state index in [-0.39, 0.29) is 23.0 Å². The zero-order valence-corrected chi connectivity index (χ0v) is 14.1. The van der Waals surface area contributed by atoms with Crippen molar-refractivity contribution in [2.75, 3.05) is 0 Å². The number of ketones is 1. The molecule has 0 saturated heterocycles. The van der Waals surface area contributed by atoms with Gasteiger partial charge in [0.05, 0.1) is 5.03 Å². The number of carbonyl (C=O) groups excluding carboxylic acids is 1. The largest absolute Gasteiger partial charge is 0.505 e. The molecule has 0 radical (unpaired) electrons. The van der Waals surface area contributed by atoms with Crippen LogP contribution in [-0.4, -0.2) is 28.1 Å². The fraction of sp³-hybridized carbons (Fsp3) is 0.333. The van der Waals surface area contributed by atoms with Gasteiger partial charge in [-0.3, -0.25) is 9.59 Å². The number of rotatable bonds is 8. The average Bonchev–Trinajstić information content (AvgIpc) is 2.81. The monoisotopic (exact) mass is 368 g/mol. The van der Waals surface area contributed by atoms with Crippen LogP contribution >= 0.6 is 11.6 Å². The van der Waals surface area contributed by atoms with Gasteiger partial charge in [-0.1, -0.05) is 24.1 Å². The molecule has 0 heterocycles. The van der Waals surface area contributed by atoms with Crippen molar-refractivity contribution < 1.29 is 28.9 Å². The second-order valence-corrected chi connectivity index (χ2v) is 6.06. The smallest absolute Gasteiger partial charge is 0.303 e. The number of unbranched alkanes of at least 4 members (excludes halogenated alkanes) is 3. The Kier molecular flexibility index (Phi) is 6.58. The van der Waals surface area contributed by atoms with Crippen LogP contribution in [0.15, 0.2) is 41.0 Å². The lowest BCUT2D eigenvalue weighted by molar-refractivity contribution is -0.137. The summed E-state index contributed by atoms with van der Waals surface area (Å²) in [6, 6.07) is 3.55. The van der Waals surface area contributed by atoms with E-state index < -0.39 is 23.6 Å². The maximum atomic E-state index is 13.1. The van der Waals surface area contributed by atoms with Gasteiger partial charge >= 0.3 is 5.97 Å². The van der Waals surface area contributed by atoms with Crippen molar-refractivity contribution in [2.24, 2.45) is 0 Å². The highest BCUT2D eigenvalue weighted by atomic mass is 35.5. The van der Waals surface area contributed by atoms with Gasteiger partial charge < -0.3 is 14.9 Å². The number of carboxylic acid groups (broad SMARTS) is 1. The molecule has 2 N–H and O–H groups in total. The van der Waals surface area contributed by atoms with Crippen LogP contribution in [0.3, 0.4) is 0 Å². The lowest BCUT2D eigenvalue weighted by Crippen LogP contribution is -2.16. The van der Waals surface area contributed by atoms with E-state index in [4.69, 9.17) is 21.4 Å². The zero-order chi connectivity index (χ0) is 18.4. The van der Waals surface area contributed by atoms with Crippen LogP contribution in [0.5, 0.6) is 11.5 Å². The molecule has 0 fully saturated rings. The quantitative estimate of drug-likeness (QED) is 0.536. The van der Waals surface area contributed by atoms with E-state index in [0.29, 0.717) is 18.4 Å². The van der Waals surface area contributed by atoms with Crippen molar-refractivity contribution in [1.29, 1.82) is 0 Å². The van der Waals surface area contributed by atoms with Crippen molar-refractivity contribution in [2.45, 2.75) is 38.2 Å². The molecule has 5 nitrogen and oxygen atoms in total. The third-order valence-corrected chi connectivity index (χ3v) is 4.02. The maximum Gasteiger partial charge on any atom is 0.303 e. The topological polar surface area (TPSA) is 83.8 Å². The molecule has 0 aliphatic heterocycles. The van der Waals surface area contributed by atoms with Gasteiger partial charge in [-0.15, -0.1) is 0 Å². The van der Waals surface area contributed by atoms with Gasteiger partial charge in [0.2, 0.25) is 5.78 Å². The Bertz CT molecular complexity index is 726. The van der Waals surface area contributed by atoms with Crippen LogP contribution in [-0.2, 0) is 9.59 Å². The van der Waals surface area contributed by atoms with E-state index in [0.717, 1.165) is 25.0 Å². The molecule has 1 aromatic carbocycles. The van der Waals surface area contributed by atoms with Gasteiger partial charge in [0.15, 0.2) is 11.6 Å². The van der Waals surface area contributed by atoms with Crippen molar-refractivity contribution in [3.8, 4) is 11.5 Å². The predicted molar refractivity (Wildman–Crippen MR) is 90.2 cm³/mol. The van der Waals surface area contributed by atoms with Gasteiger partial charge in [-0.05, 0) is 37.5 Å². The SMILES string of the molecule is O=C(O)CCCCCC=C1C(=O)C(Cl)=CC1Oc1ccc(F)c(O)c1. The summed E-state index contributed by atoms with van der Waals surface area (Å²) in [5.41, 5.74) is 0.382. The molecule has 1 unspecified atom stereocenters. The third kappa shape index (κ3) is 5.32. The molecule has 1 aliphatic carbocycles. The van der Waals surface area contributed by atoms with Crippen molar-refractivity contribution in [3.05, 3.63) is 46.8 Å². The van der Waals surface area contributed by atoms with E-state index in [1.165, 1.54) is 12.1 Å². The molecular formula is C18H18ClFO5. The summed E-state index contributed by atoms with van der Waals surface area (Å²) in [5, 5.41) is 18.0. The Balaban J connectivity index is 1.97. The first kappa shape index (κ1) is 19.0. The second kappa shape index (κ2) is 8.67.